The Hall–Kier alpha value is -4.00. The Morgan fingerprint density at radius 3 is 1.80 bits per heavy atom. The molecule has 0 spiro atoms. The van der Waals surface area contributed by atoms with Crippen molar-refractivity contribution in [2.45, 2.75) is 60.3 Å². The molecule has 0 aliphatic carbocycles. The van der Waals surface area contributed by atoms with Gasteiger partial charge < -0.3 is 14.2 Å². The quantitative estimate of drug-likeness (QED) is 0.218. The third-order valence-electron chi connectivity index (χ3n) is 6.80. The summed E-state index contributed by atoms with van der Waals surface area (Å²) in [5.41, 5.74) is 7.63. The molecular formula is C33H42N2O5. The van der Waals surface area contributed by atoms with Crippen LogP contribution in [0.15, 0.2) is 60.7 Å². The molecule has 2 amide bonds. The third-order valence-corrected chi connectivity index (χ3v) is 6.80. The highest BCUT2D eigenvalue weighted by molar-refractivity contribution is 5.99. The van der Waals surface area contributed by atoms with Crippen molar-refractivity contribution in [3.63, 3.8) is 0 Å². The van der Waals surface area contributed by atoms with Gasteiger partial charge in [0.1, 0.15) is 23.0 Å². The SMILES string of the molecule is COc1cc(C)c(Oc2ccc(C(=O)NNC(=O)c3ccc(OCCC(C)CCCC(C)C)cc3)cc2)cc1C. The van der Waals surface area contributed by atoms with E-state index in [4.69, 9.17) is 14.2 Å². The molecule has 0 heterocycles. The molecular weight excluding hydrogens is 504 g/mol. The van der Waals surface area contributed by atoms with Crippen molar-refractivity contribution in [1.82, 2.24) is 10.9 Å². The molecule has 0 aromatic heterocycles. The minimum Gasteiger partial charge on any atom is -0.496 e. The second-order valence-corrected chi connectivity index (χ2v) is 10.7. The second-order valence-electron chi connectivity index (χ2n) is 10.7. The number of ether oxygens (including phenoxy) is 3. The van der Waals surface area contributed by atoms with E-state index in [1.165, 1.54) is 19.3 Å². The predicted molar refractivity (Wildman–Crippen MR) is 158 cm³/mol. The Kier molecular flexibility index (Phi) is 11.4. The first kappa shape index (κ1) is 30.5. The molecule has 0 saturated heterocycles. The smallest absolute Gasteiger partial charge is 0.269 e. The largest absolute Gasteiger partial charge is 0.496 e. The molecule has 7 nitrogen and oxygen atoms in total. The van der Waals surface area contributed by atoms with Gasteiger partial charge in [0, 0.05) is 11.1 Å². The lowest BCUT2D eigenvalue weighted by atomic mass is 9.98. The van der Waals surface area contributed by atoms with Crippen LogP contribution in [-0.4, -0.2) is 25.5 Å². The van der Waals surface area contributed by atoms with Gasteiger partial charge in [-0.1, -0.05) is 40.0 Å². The van der Waals surface area contributed by atoms with Gasteiger partial charge in [0.15, 0.2) is 0 Å². The fourth-order valence-corrected chi connectivity index (χ4v) is 4.25. The summed E-state index contributed by atoms with van der Waals surface area (Å²) in [4.78, 5) is 25.1. The molecule has 0 bridgehead atoms. The predicted octanol–water partition coefficient (Wildman–Crippen LogP) is 7.41. The minimum absolute atomic E-state index is 0.387. The van der Waals surface area contributed by atoms with Gasteiger partial charge in [0.25, 0.3) is 11.8 Å². The van der Waals surface area contributed by atoms with Crippen molar-refractivity contribution in [2.24, 2.45) is 11.8 Å². The first-order chi connectivity index (χ1) is 19.2. The maximum absolute atomic E-state index is 12.5. The van der Waals surface area contributed by atoms with Crippen LogP contribution in [0.2, 0.25) is 0 Å². The second kappa shape index (κ2) is 15.0. The number of carbonyl (C=O) groups is 2. The molecule has 1 atom stereocenters. The van der Waals surface area contributed by atoms with Crippen LogP contribution in [-0.2, 0) is 0 Å². The zero-order chi connectivity index (χ0) is 29.1. The van der Waals surface area contributed by atoms with Crippen LogP contribution in [0.1, 0.15) is 78.3 Å². The molecule has 3 aromatic carbocycles. The van der Waals surface area contributed by atoms with Gasteiger partial charge in [-0.15, -0.1) is 0 Å². The molecule has 0 aliphatic rings. The van der Waals surface area contributed by atoms with Gasteiger partial charge in [-0.3, -0.25) is 20.4 Å². The fraction of sp³-hybridized carbons (Fsp3) is 0.394. The Labute approximate surface area is 238 Å². The molecule has 7 heteroatoms. The van der Waals surface area contributed by atoms with E-state index in [2.05, 4.69) is 31.6 Å². The summed E-state index contributed by atoms with van der Waals surface area (Å²) >= 11 is 0. The van der Waals surface area contributed by atoms with Gasteiger partial charge in [0.2, 0.25) is 0 Å². The highest BCUT2D eigenvalue weighted by Crippen LogP contribution is 2.31. The van der Waals surface area contributed by atoms with E-state index in [1.807, 2.05) is 26.0 Å². The Balaban J connectivity index is 1.43. The first-order valence-electron chi connectivity index (χ1n) is 13.9. The van der Waals surface area contributed by atoms with Crippen LogP contribution < -0.4 is 25.1 Å². The van der Waals surface area contributed by atoms with Crippen LogP contribution >= 0.6 is 0 Å². The monoisotopic (exact) mass is 546 g/mol. The lowest BCUT2D eigenvalue weighted by Gasteiger charge is -2.13. The highest BCUT2D eigenvalue weighted by atomic mass is 16.5. The maximum atomic E-state index is 12.5. The number of hydrogen-bond donors (Lipinski definition) is 2. The summed E-state index contributed by atoms with van der Waals surface area (Å²) in [5.74, 6) is 3.36. The van der Waals surface area contributed by atoms with Crippen molar-refractivity contribution in [3.05, 3.63) is 82.9 Å². The number of hydrogen-bond acceptors (Lipinski definition) is 5. The fourth-order valence-electron chi connectivity index (χ4n) is 4.25. The molecule has 0 saturated carbocycles. The average Bonchev–Trinajstić information content (AvgIpc) is 2.94. The number of nitrogens with one attached hydrogen (secondary N) is 2. The zero-order valence-corrected chi connectivity index (χ0v) is 24.5. The molecule has 0 radical (unpaired) electrons. The molecule has 0 aliphatic heterocycles. The lowest BCUT2D eigenvalue weighted by molar-refractivity contribution is 0.0846. The molecule has 214 valence electrons. The number of methoxy groups -OCH3 is 1. The number of aryl methyl sites for hydroxylation is 2. The van der Waals surface area contributed by atoms with E-state index >= 15 is 0 Å². The van der Waals surface area contributed by atoms with E-state index in [-0.39, 0.29) is 0 Å². The van der Waals surface area contributed by atoms with Gasteiger partial charge in [0.05, 0.1) is 13.7 Å². The van der Waals surface area contributed by atoms with E-state index in [0.29, 0.717) is 35.2 Å². The van der Waals surface area contributed by atoms with Crippen molar-refractivity contribution >= 4 is 11.8 Å². The van der Waals surface area contributed by atoms with Crippen molar-refractivity contribution in [1.29, 1.82) is 0 Å². The van der Waals surface area contributed by atoms with Crippen LogP contribution in [0, 0.1) is 25.7 Å². The Morgan fingerprint density at radius 2 is 1.25 bits per heavy atom. The minimum atomic E-state index is -0.432. The summed E-state index contributed by atoms with van der Waals surface area (Å²) in [6, 6.07) is 17.4. The summed E-state index contributed by atoms with van der Waals surface area (Å²) < 4.78 is 17.2. The highest BCUT2D eigenvalue weighted by Gasteiger charge is 2.12. The van der Waals surface area contributed by atoms with Crippen LogP contribution in [0.25, 0.3) is 0 Å². The molecule has 1 unspecified atom stereocenters. The van der Waals surface area contributed by atoms with Crippen LogP contribution in [0.5, 0.6) is 23.0 Å². The number of amides is 2. The topological polar surface area (TPSA) is 85.9 Å². The number of carbonyl (C=O) groups excluding carboxylic acids is 2. The van der Waals surface area contributed by atoms with E-state index < -0.39 is 11.8 Å². The molecule has 0 fully saturated rings. The van der Waals surface area contributed by atoms with Gasteiger partial charge >= 0.3 is 0 Å². The number of rotatable bonds is 13. The summed E-state index contributed by atoms with van der Waals surface area (Å²) in [6.07, 6.45) is 4.73. The van der Waals surface area contributed by atoms with Gasteiger partial charge in [-0.2, -0.15) is 0 Å². The standard InChI is InChI=1S/C33H42N2O5/c1-22(2)8-7-9-23(3)18-19-39-28-14-10-26(11-15-28)32(36)34-35-33(37)27-12-16-29(17-13-27)40-31-21-24(4)30(38-6)20-25(31)5/h10-17,20-23H,7-9,18-19H2,1-6H3,(H,34,36)(H,35,37). The third kappa shape index (κ3) is 9.33. The molecule has 40 heavy (non-hydrogen) atoms. The maximum Gasteiger partial charge on any atom is 0.269 e. The number of benzene rings is 3. The van der Waals surface area contributed by atoms with Crippen LogP contribution in [0.4, 0.5) is 0 Å². The van der Waals surface area contributed by atoms with E-state index in [0.717, 1.165) is 35.0 Å². The summed E-state index contributed by atoms with van der Waals surface area (Å²) in [5, 5.41) is 0. The van der Waals surface area contributed by atoms with Gasteiger partial charge in [-0.25, -0.2) is 0 Å². The Bertz CT molecular complexity index is 1250. The Morgan fingerprint density at radius 1 is 0.725 bits per heavy atom. The first-order valence-corrected chi connectivity index (χ1v) is 13.9. The zero-order valence-electron chi connectivity index (χ0n) is 24.5. The van der Waals surface area contributed by atoms with E-state index in [9.17, 15) is 9.59 Å². The normalized spacial score (nSPS) is 11.6. The molecule has 3 rings (SSSR count). The van der Waals surface area contributed by atoms with Crippen LogP contribution in [0.3, 0.4) is 0 Å². The summed E-state index contributed by atoms with van der Waals surface area (Å²) in [6.45, 7) is 11.3. The van der Waals surface area contributed by atoms with E-state index in [1.54, 1.807) is 55.6 Å². The molecule has 3 aromatic rings. The molecule has 2 N–H and O–H groups in total. The lowest BCUT2D eigenvalue weighted by Crippen LogP contribution is -2.41. The van der Waals surface area contributed by atoms with Crippen molar-refractivity contribution in [3.8, 4) is 23.0 Å². The van der Waals surface area contributed by atoms with Gasteiger partial charge in [-0.05, 0) is 104 Å². The van der Waals surface area contributed by atoms with Crippen molar-refractivity contribution in [2.75, 3.05) is 13.7 Å². The number of hydrazine groups is 1. The summed E-state index contributed by atoms with van der Waals surface area (Å²) in [7, 11) is 1.64. The van der Waals surface area contributed by atoms with Crippen molar-refractivity contribution < 1.29 is 23.8 Å². The average molecular weight is 547 g/mol.